The molecule has 2 atom stereocenters. The molecule has 1 fully saturated rings. The number of nitrogens with two attached hydrogens (primary N) is 1. The van der Waals surface area contributed by atoms with Crippen LogP contribution >= 0.6 is 0 Å². The normalized spacial score (nSPS) is 19.4. The Hall–Kier alpha value is -2.34. The molecule has 2 amide bonds. The van der Waals surface area contributed by atoms with Gasteiger partial charge in [-0.15, -0.1) is 0 Å². The molecule has 1 aromatic heterocycles. The molecule has 3 rings (SSSR count). The van der Waals surface area contributed by atoms with Gasteiger partial charge in [0.2, 0.25) is 0 Å². The van der Waals surface area contributed by atoms with Gasteiger partial charge in [-0.25, -0.2) is 4.79 Å². The van der Waals surface area contributed by atoms with Gasteiger partial charge in [0.1, 0.15) is 0 Å². The van der Waals surface area contributed by atoms with Crippen LogP contribution < -0.4 is 11.1 Å². The number of nitrogens with zero attached hydrogens (tertiary/aromatic N) is 3. The van der Waals surface area contributed by atoms with Gasteiger partial charge in [-0.3, -0.25) is 10.00 Å². The van der Waals surface area contributed by atoms with Crippen LogP contribution in [0.3, 0.4) is 0 Å². The van der Waals surface area contributed by atoms with Gasteiger partial charge in [0.05, 0.1) is 6.04 Å². The van der Waals surface area contributed by atoms with Crippen molar-refractivity contribution in [1.82, 2.24) is 14.7 Å². The Balaban J connectivity index is 1.64. The zero-order valence-corrected chi connectivity index (χ0v) is 13.4. The van der Waals surface area contributed by atoms with Crippen molar-refractivity contribution >= 4 is 11.8 Å². The molecule has 122 valence electrons. The molecule has 3 N–H and O–H groups in total. The maximum atomic E-state index is 12.3. The van der Waals surface area contributed by atoms with Gasteiger partial charge in [-0.1, -0.05) is 30.3 Å². The van der Waals surface area contributed by atoms with Gasteiger partial charge in [-0.05, 0) is 25.3 Å². The predicted molar refractivity (Wildman–Crippen MR) is 90.3 cm³/mol. The Kier molecular flexibility index (Phi) is 4.62. The number of benzene rings is 1. The van der Waals surface area contributed by atoms with E-state index < -0.39 is 0 Å². The Morgan fingerprint density at radius 1 is 1.35 bits per heavy atom. The smallest absolute Gasteiger partial charge is 0.323 e. The van der Waals surface area contributed by atoms with E-state index in [9.17, 15) is 4.79 Å². The molecule has 0 spiro atoms. The SMILES string of the molecule is CC(c1ccccc1)n1ccc(NC(=O)N2CCCC(N)C2)n1. The lowest BCUT2D eigenvalue weighted by Gasteiger charge is -2.30. The van der Waals surface area contributed by atoms with E-state index in [2.05, 4.69) is 29.5 Å². The number of hydrogen-bond acceptors (Lipinski definition) is 3. The first-order chi connectivity index (χ1) is 11.1. The van der Waals surface area contributed by atoms with E-state index in [1.165, 1.54) is 5.56 Å². The number of nitrogens with one attached hydrogen (secondary N) is 1. The van der Waals surface area contributed by atoms with E-state index in [0.717, 1.165) is 19.4 Å². The second kappa shape index (κ2) is 6.83. The molecular formula is C17H23N5O. The molecule has 2 unspecified atom stereocenters. The summed E-state index contributed by atoms with van der Waals surface area (Å²) < 4.78 is 1.85. The average Bonchev–Trinajstić information content (AvgIpc) is 3.03. The zero-order chi connectivity index (χ0) is 16.2. The standard InChI is InChI=1S/C17H23N5O/c1-13(14-6-3-2-4-7-14)22-11-9-16(20-22)19-17(23)21-10-5-8-15(18)12-21/h2-4,6-7,9,11,13,15H,5,8,10,12,18H2,1H3,(H,19,20,23). The van der Waals surface area contributed by atoms with Crippen LogP contribution in [0.5, 0.6) is 0 Å². The number of likely N-dealkylation sites (tertiary alicyclic amines) is 1. The van der Waals surface area contributed by atoms with Crippen LogP contribution in [-0.2, 0) is 0 Å². The van der Waals surface area contributed by atoms with Crippen LogP contribution in [0.4, 0.5) is 10.6 Å². The molecule has 0 saturated carbocycles. The van der Waals surface area contributed by atoms with E-state index in [0.29, 0.717) is 12.4 Å². The monoisotopic (exact) mass is 313 g/mol. The summed E-state index contributed by atoms with van der Waals surface area (Å²) in [6.45, 7) is 3.44. The molecule has 6 heteroatoms. The minimum absolute atomic E-state index is 0.0742. The molecule has 2 heterocycles. The lowest BCUT2D eigenvalue weighted by atomic mass is 10.1. The number of piperidine rings is 1. The fraction of sp³-hybridized carbons (Fsp3) is 0.412. The third-order valence-corrected chi connectivity index (χ3v) is 4.27. The molecule has 0 radical (unpaired) electrons. The van der Waals surface area contributed by atoms with Crippen molar-refractivity contribution < 1.29 is 4.79 Å². The van der Waals surface area contributed by atoms with Crippen LogP contribution in [0.15, 0.2) is 42.6 Å². The molecule has 1 aliphatic rings. The van der Waals surface area contributed by atoms with Crippen molar-refractivity contribution in [3.05, 3.63) is 48.2 Å². The van der Waals surface area contributed by atoms with Crippen molar-refractivity contribution in [2.45, 2.75) is 31.8 Å². The largest absolute Gasteiger partial charge is 0.326 e. The topological polar surface area (TPSA) is 76.2 Å². The summed E-state index contributed by atoms with van der Waals surface area (Å²) in [5, 5.41) is 7.33. The highest BCUT2D eigenvalue weighted by Gasteiger charge is 2.21. The molecule has 6 nitrogen and oxygen atoms in total. The van der Waals surface area contributed by atoms with E-state index in [1.807, 2.05) is 35.1 Å². The van der Waals surface area contributed by atoms with Crippen LogP contribution in [0.25, 0.3) is 0 Å². The first-order valence-corrected chi connectivity index (χ1v) is 8.05. The molecule has 23 heavy (non-hydrogen) atoms. The van der Waals surface area contributed by atoms with Crippen LogP contribution in [0.2, 0.25) is 0 Å². The number of carbonyl (C=O) groups is 1. The predicted octanol–water partition coefficient (Wildman–Crippen LogP) is 2.45. The molecule has 0 bridgehead atoms. The molecule has 2 aromatic rings. The average molecular weight is 313 g/mol. The lowest BCUT2D eigenvalue weighted by Crippen LogP contribution is -2.47. The summed E-state index contributed by atoms with van der Waals surface area (Å²) in [6.07, 6.45) is 3.82. The number of anilines is 1. The van der Waals surface area contributed by atoms with Crippen molar-refractivity contribution in [2.24, 2.45) is 5.73 Å². The van der Waals surface area contributed by atoms with Gasteiger partial charge in [-0.2, -0.15) is 5.10 Å². The fourth-order valence-corrected chi connectivity index (χ4v) is 2.89. The van der Waals surface area contributed by atoms with Crippen molar-refractivity contribution in [1.29, 1.82) is 0 Å². The summed E-state index contributed by atoms with van der Waals surface area (Å²) in [5.41, 5.74) is 7.10. The summed E-state index contributed by atoms with van der Waals surface area (Å²) in [7, 11) is 0. The lowest BCUT2D eigenvalue weighted by molar-refractivity contribution is 0.193. The van der Waals surface area contributed by atoms with Crippen molar-refractivity contribution in [3.8, 4) is 0 Å². The van der Waals surface area contributed by atoms with Crippen LogP contribution in [-0.4, -0.2) is 39.8 Å². The number of amides is 2. The van der Waals surface area contributed by atoms with Gasteiger partial charge in [0.25, 0.3) is 0 Å². The van der Waals surface area contributed by atoms with Crippen LogP contribution in [0, 0.1) is 0 Å². The summed E-state index contributed by atoms with van der Waals surface area (Å²) in [5.74, 6) is 0.567. The molecule has 1 aliphatic heterocycles. The first-order valence-electron chi connectivity index (χ1n) is 8.05. The molecule has 1 saturated heterocycles. The van der Waals surface area contributed by atoms with Gasteiger partial charge in [0.15, 0.2) is 5.82 Å². The van der Waals surface area contributed by atoms with E-state index in [1.54, 1.807) is 4.90 Å². The number of urea groups is 1. The second-order valence-electron chi connectivity index (χ2n) is 6.05. The number of rotatable bonds is 3. The van der Waals surface area contributed by atoms with E-state index in [-0.39, 0.29) is 18.1 Å². The Morgan fingerprint density at radius 3 is 2.87 bits per heavy atom. The highest BCUT2D eigenvalue weighted by atomic mass is 16.2. The summed E-state index contributed by atoms with van der Waals surface area (Å²) >= 11 is 0. The Labute approximate surface area is 136 Å². The Morgan fingerprint density at radius 2 is 2.13 bits per heavy atom. The van der Waals surface area contributed by atoms with Crippen molar-refractivity contribution in [2.75, 3.05) is 18.4 Å². The van der Waals surface area contributed by atoms with Gasteiger partial charge < -0.3 is 10.6 Å². The molecular weight excluding hydrogens is 290 g/mol. The minimum Gasteiger partial charge on any atom is -0.326 e. The Bertz CT molecular complexity index is 654. The maximum Gasteiger partial charge on any atom is 0.323 e. The highest BCUT2D eigenvalue weighted by molar-refractivity contribution is 5.88. The maximum absolute atomic E-state index is 12.3. The first kappa shape index (κ1) is 15.6. The number of hydrogen-bond donors (Lipinski definition) is 2. The third kappa shape index (κ3) is 3.71. The van der Waals surface area contributed by atoms with Gasteiger partial charge >= 0.3 is 6.03 Å². The van der Waals surface area contributed by atoms with E-state index >= 15 is 0 Å². The summed E-state index contributed by atoms with van der Waals surface area (Å²) in [4.78, 5) is 14.0. The third-order valence-electron chi connectivity index (χ3n) is 4.27. The number of aromatic nitrogens is 2. The quantitative estimate of drug-likeness (QED) is 0.914. The molecule has 1 aromatic carbocycles. The summed E-state index contributed by atoms with van der Waals surface area (Å²) in [6, 6.07) is 12.0. The van der Waals surface area contributed by atoms with E-state index in [4.69, 9.17) is 5.73 Å². The molecule has 0 aliphatic carbocycles. The second-order valence-corrected chi connectivity index (χ2v) is 6.05. The fourth-order valence-electron chi connectivity index (χ4n) is 2.89. The van der Waals surface area contributed by atoms with Crippen LogP contribution in [0.1, 0.15) is 31.4 Å². The minimum atomic E-state index is -0.127. The van der Waals surface area contributed by atoms with Gasteiger partial charge in [0, 0.05) is 31.4 Å². The number of carbonyl (C=O) groups excluding carboxylic acids is 1. The highest BCUT2D eigenvalue weighted by Crippen LogP contribution is 2.18. The van der Waals surface area contributed by atoms with Crippen molar-refractivity contribution in [3.63, 3.8) is 0 Å². The zero-order valence-electron chi connectivity index (χ0n) is 13.4.